The summed E-state index contributed by atoms with van der Waals surface area (Å²) in [5.74, 6) is 2.21. The highest BCUT2D eigenvalue weighted by atomic mass is 127. The highest BCUT2D eigenvalue weighted by Crippen LogP contribution is 2.37. The molecule has 0 saturated carbocycles. The van der Waals surface area contributed by atoms with Gasteiger partial charge in [-0.05, 0) is 140 Å². The molecule has 31 heavy (non-hydrogen) atoms. The van der Waals surface area contributed by atoms with Crippen LogP contribution in [0.2, 0.25) is 0 Å². The van der Waals surface area contributed by atoms with Crippen LogP contribution in [0.3, 0.4) is 0 Å². The zero-order valence-corrected chi connectivity index (χ0v) is 26.3. The molecule has 0 spiro atoms. The maximum atomic E-state index is 11.6. The molecule has 0 saturated heterocycles. The first kappa shape index (κ1) is 27.6. The largest absolute Gasteiger partial charge is 0.491 e. The Kier molecular flexibility index (Phi) is 12.4. The average molecular weight is 875 g/mol. The Labute approximate surface area is 238 Å². The molecular formula is C22H25I4NO4. The first-order valence-corrected chi connectivity index (χ1v) is 14.2. The van der Waals surface area contributed by atoms with E-state index in [2.05, 4.69) is 109 Å². The number of methoxy groups -OCH3 is 1. The van der Waals surface area contributed by atoms with E-state index in [9.17, 15) is 4.79 Å². The van der Waals surface area contributed by atoms with Gasteiger partial charge in [-0.2, -0.15) is 0 Å². The summed E-state index contributed by atoms with van der Waals surface area (Å²) in [6.45, 7) is 8.25. The highest BCUT2D eigenvalue weighted by Gasteiger charge is 2.15. The number of carbonyl (C=O) groups excluding carboxylic acids is 1. The number of rotatable bonds is 11. The van der Waals surface area contributed by atoms with E-state index in [4.69, 9.17) is 14.2 Å². The van der Waals surface area contributed by atoms with Gasteiger partial charge in [-0.15, -0.1) is 0 Å². The minimum absolute atomic E-state index is 0.249. The van der Waals surface area contributed by atoms with Crippen LogP contribution >= 0.6 is 90.4 Å². The number of halogens is 4. The molecule has 2 aromatic carbocycles. The number of hydrogen-bond donors (Lipinski definition) is 0. The molecule has 0 bridgehead atoms. The van der Waals surface area contributed by atoms with Gasteiger partial charge in [0.15, 0.2) is 5.75 Å². The number of carbonyl (C=O) groups is 1. The predicted molar refractivity (Wildman–Crippen MR) is 157 cm³/mol. The lowest BCUT2D eigenvalue weighted by Crippen LogP contribution is -2.25. The highest BCUT2D eigenvalue weighted by molar-refractivity contribution is 14.1. The number of esters is 1. The van der Waals surface area contributed by atoms with Crippen LogP contribution in [0.4, 0.5) is 0 Å². The minimum atomic E-state index is -0.253. The molecule has 9 heteroatoms. The van der Waals surface area contributed by atoms with Crippen LogP contribution in [-0.2, 0) is 16.0 Å². The topological polar surface area (TPSA) is 48.0 Å². The van der Waals surface area contributed by atoms with Crippen LogP contribution in [0, 0.1) is 14.3 Å². The maximum Gasteiger partial charge on any atom is 0.309 e. The van der Waals surface area contributed by atoms with Gasteiger partial charge in [0, 0.05) is 6.54 Å². The van der Waals surface area contributed by atoms with Crippen LogP contribution in [-0.4, -0.2) is 44.2 Å². The second-order valence-corrected chi connectivity index (χ2v) is 11.3. The Morgan fingerprint density at radius 3 is 1.97 bits per heavy atom. The van der Waals surface area contributed by atoms with Crippen molar-refractivity contribution in [2.24, 2.45) is 0 Å². The van der Waals surface area contributed by atoms with Gasteiger partial charge >= 0.3 is 5.97 Å². The van der Waals surface area contributed by atoms with Crippen LogP contribution in [0.15, 0.2) is 24.3 Å². The van der Waals surface area contributed by atoms with Crippen molar-refractivity contribution in [3.8, 4) is 17.2 Å². The van der Waals surface area contributed by atoms with Gasteiger partial charge in [0.1, 0.15) is 11.5 Å². The molecule has 0 unspecified atom stereocenters. The molecular weight excluding hydrogens is 850 g/mol. The van der Waals surface area contributed by atoms with E-state index in [1.807, 2.05) is 24.3 Å². The van der Waals surface area contributed by atoms with E-state index in [1.165, 1.54) is 7.11 Å². The second kappa shape index (κ2) is 13.9. The van der Waals surface area contributed by atoms with Gasteiger partial charge in [0.2, 0.25) is 0 Å². The molecule has 0 fully saturated rings. The fourth-order valence-corrected chi connectivity index (χ4v) is 7.04. The molecule has 0 radical (unpaired) electrons. The van der Waals surface area contributed by atoms with Crippen LogP contribution in [0.25, 0.3) is 0 Å². The third-order valence-electron chi connectivity index (χ3n) is 4.59. The number of benzene rings is 2. The Hall–Kier alpha value is 0.390. The van der Waals surface area contributed by atoms with E-state index in [-0.39, 0.29) is 12.4 Å². The summed E-state index contributed by atoms with van der Waals surface area (Å²) in [4.78, 5) is 14.0. The molecule has 2 aromatic rings. The van der Waals surface area contributed by atoms with Crippen molar-refractivity contribution in [1.29, 1.82) is 0 Å². The standard InChI is InChI=1S/C22H25I4NO4/c1-4-27(5-2)7-6-8-30-21-18(25)12-15(13-19(21)26)31-22-16(23)9-14(10-17(22)24)11-20(28)29-3/h9-10,12-13H,4-8,11H2,1-3H3. The van der Waals surface area contributed by atoms with Crippen molar-refractivity contribution in [3.05, 3.63) is 44.1 Å². The number of nitrogens with zero attached hydrogens (tertiary/aromatic N) is 1. The molecule has 0 atom stereocenters. The molecule has 0 heterocycles. The second-order valence-electron chi connectivity index (χ2n) is 6.69. The van der Waals surface area contributed by atoms with E-state index in [1.54, 1.807) is 0 Å². The first-order chi connectivity index (χ1) is 14.8. The molecule has 0 aliphatic carbocycles. The lowest BCUT2D eigenvalue weighted by atomic mass is 10.1. The molecule has 2 rings (SSSR count). The van der Waals surface area contributed by atoms with Crippen molar-refractivity contribution < 1.29 is 19.0 Å². The molecule has 0 aromatic heterocycles. The van der Waals surface area contributed by atoms with Crippen LogP contribution in [0.1, 0.15) is 25.8 Å². The predicted octanol–water partition coefficient (Wildman–Crippen LogP) is 6.72. The molecule has 0 amide bonds. The summed E-state index contributed by atoms with van der Waals surface area (Å²) in [5, 5.41) is 0. The molecule has 0 N–H and O–H groups in total. The Morgan fingerprint density at radius 2 is 1.45 bits per heavy atom. The third kappa shape index (κ3) is 8.59. The van der Waals surface area contributed by atoms with Gasteiger partial charge in [-0.25, -0.2) is 0 Å². The zero-order valence-electron chi connectivity index (χ0n) is 17.6. The van der Waals surface area contributed by atoms with E-state index in [0.29, 0.717) is 6.61 Å². The first-order valence-electron chi connectivity index (χ1n) is 9.85. The van der Waals surface area contributed by atoms with Crippen molar-refractivity contribution in [1.82, 2.24) is 4.90 Å². The molecule has 5 nitrogen and oxygen atoms in total. The summed E-state index contributed by atoms with van der Waals surface area (Å²) < 4.78 is 21.0. The minimum Gasteiger partial charge on any atom is -0.491 e. The lowest BCUT2D eigenvalue weighted by Gasteiger charge is -2.18. The van der Waals surface area contributed by atoms with Gasteiger partial charge in [0.05, 0.1) is 34.4 Å². The van der Waals surface area contributed by atoms with E-state index < -0.39 is 0 Å². The van der Waals surface area contributed by atoms with E-state index >= 15 is 0 Å². The smallest absolute Gasteiger partial charge is 0.309 e. The lowest BCUT2D eigenvalue weighted by molar-refractivity contribution is -0.139. The Morgan fingerprint density at radius 1 is 0.903 bits per heavy atom. The van der Waals surface area contributed by atoms with Gasteiger partial charge in [0.25, 0.3) is 0 Å². The molecule has 170 valence electrons. The van der Waals surface area contributed by atoms with Gasteiger partial charge in [-0.1, -0.05) is 13.8 Å². The van der Waals surface area contributed by atoms with Crippen LogP contribution in [0.5, 0.6) is 17.2 Å². The summed E-state index contributed by atoms with van der Waals surface area (Å²) >= 11 is 9.08. The monoisotopic (exact) mass is 875 g/mol. The van der Waals surface area contributed by atoms with Crippen LogP contribution < -0.4 is 9.47 Å². The quantitative estimate of drug-likeness (QED) is 0.143. The molecule has 0 aliphatic rings. The summed E-state index contributed by atoms with van der Waals surface area (Å²) in [7, 11) is 1.40. The normalized spacial score (nSPS) is 11.0. The van der Waals surface area contributed by atoms with E-state index in [0.717, 1.165) is 63.1 Å². The summed E-state index contributed by atoms with van der Waals surface area (Å²) in [5.41, 5.74) is 0.908. The Bertz CT molecular complexity index is 857. The van der Waals surface area contributed by atoms with Gasteiger partial charge in [-0.3, -0.25) is 4.79 Å². The molecule has 0 aliphatic heterocycles. The van der Waals surface area contributed by atoms with Gasteiger partial charge < -0.3 is 19.1 Å². The fraction of sp³-hybridized carbons (Fsp3) is 0.409. The van der Waals surface area contributed by atoms with Crippen molar-refractivity contribution >= 4 is 96.3 Å². The number of ether oxygens (including phenoxy) is 3. The maximum absolute atomic E-state index is 11.6. The van der Waals surface area contributed by atoms with Crippen molar-refractivity contribution in [2.75, 3.05) is 33.4 Å². The fourth-order valence-electron chi connectivity index (χ4n) is 2.90. The SMILES string of the molecule is CCN(CC)CCCOc1c(I)cc(Oc2c(I)cc(CC(=O)OC)cc2I)cc1I. The third-order valence-corrected chi connectivity index (χ3v) is 7.79. The average Bonchev–Trinajstić information content (AvgIpc) is 2.72. The number of hydrogen-bond acceptors (Lipinski definition) is 5. The zero-order chi connectivity index (χ0) is 23.0. The summed E-state index contributed by atoms with van der Waals surface area (Å²) in [6.07, 6.45) is 1.25. The summed E-state index contributed by atoms with van der Waals surface area (Å²) in [6, 6.07) is 7.91. The van der Waals surface area contributed by atoms with Crippen molar-refractivity contribution in [3.63, 3.8) is 0 Å². The van der Waals surface area contributed by atoms with Crippen molar-refractivity contribution in [2.45, 2.75) is 26.7 Å². The Balaban J connectivity index is 2.09.